The molecule has 0 unspecified atom stereocenters. The lowest BCUT2D eigenvalue weighted by Gasteiger charge is -2.21. The molecule has 3 aromatic carbocycles. The second kappa shape index (κ2) is 21.2. The fourth-order valence-corrected chi connectivity index (χ4v) is 5.02. The van der Waals surface area contributed by atoms with Gasteiger partial charge in [0.1, 0.15) is 22.4 Å². The molecule has 0 fully saturated rings. The molecule has 18 heteroatoms. The lowest BCUT2D eigenvalue weighted by Crippen LogP contribution is -2.44. The molecule has 0 saturated heterocycles. The van der Waals surface area contributed by atoms with E-state index in [1.807, 2.05) is 0 Å². The van der Waals surface area contributed by atoms with Crippen molar-refractivity contribution in [3.63, 3.8) is 0 Å². The summed E-state index contributed by atoms with van der Waals surface area (Å²) in [6.07, 6.45) is -3.43. The second-order valence-corrected chi connectivity index (χ2v) is 18.2. The maximum Gasteiger partial charge on any atom is 0.437 e. The molecular weight excluding hydrogens is 813 g/mol. The number of benzene rings is 3. The average molecular weight is 873 g/mol. The Balaban J connectivity index is 1.60. The number of carbonyl (C=O) groups is 6. The highest BCUT2D eigenvalue weighted by atomic mass is 16.6. The molecule has 0 aliphatic rings. The van der Waals surface area contributed by atoms with E-state index in [2.05, 4.69) is 41.9 Å². The van der Waals surface area contributed by atoms with Crippen molar-refractivity contribution in [2.45, 2.75) is 126 Å². The Morgan fingerprint density at radius 3 is 1.21 bits per heavy atom. The molecule has 6 N–H and O–H groups in total. The zero-order valence-corrected chi connectivity index (χ0v) is 38.2. The SMILES string of the molecule is Cc1cc(C(=O)Nc2ccc(CN/C(=N\C(=O)OC(C)(C)C)NC(=O)OC(C)(C)C)cc2)ccc1C(=O)Nc1ccc(CN/C(=N\C(=O)OC(C)(C)C)NC(=O)OC(C)(C)C)cc1. The largest absolute Gasteiger partial charge is 0.444 e. The number of aliphatic imine (C=N–C) groups is 2. The normalized spacial score (nSPS) is 12.3. The molecule has 0 aromatic heterocycles. The Kier molecular flexibility index (Phi) is 17.0. The molecular formula is C45H60N8O10. The number of amides is 6. The lowest BCUT2D eigenvalue weighted by atomic mass is 10.0. The monoisotopic (exact) mass is 872 g/mol. The van der Waals surface area contributed by atoms with Crippen molar-refractivity contribution < 1.29 is 47.7 Å². The fourth-order valence-electron chi connectivity index (χ4n) is 5.02. The average Bonchev–Trinajstić information content (AvgIpc) is 3.10. The Hall–Kier alpha value is -6.98. The zero-order valence-electron chi connectivity index (χ0n) is 38.2. The maximum absolute atomic E-state index is 13.3. The van der Waals surface area contributed by atoms with Crippen LogP contribution in [0.15, 0.2) is 76.7 Å². The molecule has 3 rings (SSSR count). The molecule has 0 aliphatic heterocycles. The number of aryl methyl sites for hydroxylation is 1. The van der Waals surface area contributed by atoms with Crippen LogP contribution in [-0.2, 0) is 32.0 Å². The van der Waals surface area contributed by atoms with Crippen molar-refractivity contribution in [2.75, 3.05) is 10.6 Å². The second-order valence-electron chi connectivity index (χ2n) is 18.2. The first kappa shape index (κ1) is 50.4. The van der Waals surface area contributed by atoms with Gasteiger partial charge in [0.15, 0.2) is 0 Å². The van der Waals surface area contributed by atoms with Crippen LogP contribution in [-0.4, -0.2) is 70.5 Å². The van der Waals surface area contributed by atoms with Gasteiger partial charge in [-0.15, -0.1) is 9.98 Å². The Morgan fingerprint density at radius 2 is 0.857 bits per heavy atom. The van der Waals surface area contributed by atoms with Crippen LogP contribution in [0.2, 0.25) is 0 Å². The maximum atomic E-state index is 13.3. The number of nitrogens with zero attached hydrogens (tertiary/aromatic N) is 2. The molecule has 0 radical (unpaired) electrons. The smallest absolute Gasteiger partial charge is 0.437 e. The number of carbonyl (C=O) groups excluding carboxylic acids is 6. The summed E-state index contributed by atoms with van der Waals surface area (Å²) in [6, 6.07) is 18.5. The minimum Gasteiger partial charge on any atom is -0.444 e. The highest BCUT2D eigenvalue weighted by Gasteiger charge is 2.22. The van der Waals surface area contributed by atoms with Crippen LogP contribution in [0, 0.1) is 6.92 Å². The van der Waals surface area contributed by atoms with E-state index in [0.29, 0.717) is 28.1 Å². The molecule has 340 valence electrons. The van der Waals surface area contributed by atoms with Gasteiger partial charge in [0.25, 0.3) is 11.8 Å². The molecule has 0 spiro atoms. The third-order valence-electron chi connectivity index (χ3n) is 7.51. The van der Waals surface area contributed by atoms with E-state index >= 15 is 0 Å². The van der Waals surface area contributed by atoms with Gasteiger partial charge >= 0.3 is 24.4 Å². The number of ether oxygens (including phenoxy) is 4. The first-order chi connectivity index (χ1) is 29.0. The lowest BCUT2D eigenvalue weighted by molar-refractivity contribution is 0.0542. The van der Waals surface area contributed by atoms with Crippen LogP contribution >= 0.6 is 0 Å². The van der Waals surface area contributed by atoms with Gasteiger partial charge in [-0.05, 0) is 149 Å². The molecule has 6 amide bonds. The van der Waals surface area contributed by atoms with E-state index < -0.39 is 52.7 Å². The summed E-state index contributed by atoms with van der Waals surface area (Å²) in [5.74, 6) is -1.11. The van der Waals surface area contributed by atoms with Crippen LogP contribution in [0.5, 0.6) is 0 Å². The molecule has 0 aliphatic carbocycles. The quantitative estimate of drug-likeness (QED) is 0.0712. The number of alkyl carbamates (subject to hydrolysis) is 2. The predicted octanol–water partition coefficient (Wildman–Crippen LogP) is 8.31. The van der Waals surface area contributed by atoms with Gasteiger partial charge in [0.2, 0.25) is 11.9 Å². The highest BCUT2D eigenvalue weighted by Crippen LogP contribution is 2.18. The zero-order chi connectivity index (χ0) is 47.3. The molecule has 0 saturated carbocycles. The number of nitrogens with one attached hydrogen (secondary N) is 6. The van der Waals surface area contributed by atoms with E-state index in [4.69, 9.17) is 18.9 Å². The molecule has 18 nitrogen and oxygen atoms in total. The van der Waals surface area contributed by atoms with E-state index in [1.165, 1.54) is 0 Å². The van der Waals surface area contributed by atoms with Gasteiger partial charge in [-0.3, -0.25) is 20.2 Å². The van der Waals surface area contributed by atoms with Crippen molar-refractivity contribution in [1.82, 2.24) is 21.3 Å². The third kappa shape index (κ3) is 20.0. The van der Waals surface area contributed by atoms with Crippen molar-refractivity contribution in [1.29, 1.82) is 0 Å². The minimum absolute atomic E-state index is 0.151. The Bertz CT molecular complexity index is 2190. The molecule has 0 bridgehead atoms. The summed E-state index contributed by atoms with van der Waals surface area (Å²) < 4.78 is 21.1. The van der Waals surface area contributed by atoms with Crippen LogP contribution in [0.4, 0.5) is 30.6 Å². The van der Waals surface area contributed by atoms with Crippen LogP contribution in [0.1, 0.15) is 120 Å². The summed E-state index contributed by atoms with van der Waals surface area (Å²) >= 11 is 0. The first-order valence-electron chi connectivity index (χ1n) is 20.0. The molecule has 0 heterocycles. The summed E-state index contributed by atoms with van der Waals surface area (Å²) in [4.78, 5) is 83.7. The van der Waals surface area contributed by atoms with E-state index in [1.54, 1.807) is 157 Å². The number of hydrogen-bond acceptors (Lipinski definition) is 10. The van der Waals surface area contributed by atoms with Gasteiger partial charge in [-0.1, -0.05) is 24.3 Å². The van der Waals surface area contributed by atoms with Crippen LogP contribution < -0.4 is 31.9 Å². The van der Waals surface area contributed by atoms with Crippen molar-refractivity contribution >= 4 is 59.5 Å². The first-order valence-corrected chi connectivity index (χ1v) is 20.0. The molecule has 3 aromatic rings. The topological polar surface area (TPSA) is 236 Å². The third-order valence-corrected chi connectivity index (χ3v) is 7.51. The molecule has 0 atom stereocenters. The summed E-state index contributed by atoms with van der Waals surface area (Å²) in [5.41, 5.74) is 0.578. The van der Waals surface area contributed by atoms with Gasteiger partial charge in [-0.2, -0.15) is 0 Å². The van der Waals surface area contributed by atoms with Crippen LogP contribution in [0.3, 0.4) is 0 Å². The fraction of sp³-hybridized carbons (Fsp3) is 0.422. The predicted molar refractivity (Wildman–Crippen MR) is 240 cm³/mol. The Morgan fingerprint density at radius 1 is 0.492 bits per heavy atom. The number of rotatable bonds is 8. The van der Waals surface area contributed by atoms with E-state index in [9.17, 15) is 28.8 Å². The van der Waals surface area contributed by atoms with Crippen molar-refractivity contribution in [2.24, 2.45) is 9.98 Å². The van der Waals surface area contributed by atoms with Crippen LogP contribution in [0.25, 0.3) is 0 Å². The summed E-state index contributed by atoms with van der Waals surface area (Å²) in [6.45, 7) is 22.4. The summed E-state index contributed by atoms with van der Waals surface area (Å²) in [5, 5.41) is 16.4. The van der Waals surface area contributed by atoms with E-state index in [0.717, 1.165) is 11.1 Å². The molecule has 63 heavy (non-hydrogen) atoms. The number of guanidine groups is 2. The van der Waals surface area contributed by atoms with Crippen molar-refractivity contribution in [3.05, 3.63) is 94.5 Å². The Labute approximate surface area is 368 Å². The highest BCUT2D eigenvalue weighted by molar-refractivity contribution is 6.08. The summed E-state index contributed by atoms with van der Waals surface area (Å²) in [7, 11) is 0. The number of anilines is 2. The minimum atomic E-state index is -0.905. The van der Waals surface area contributed by atoms with Gasteiger partial charge in [-0.25, -0.2) is 19.2 Å². The van der Waals surface area contributed by atoms with E-state index in [-0.39, 0.29) is 30.9 Å². The van der Waals surface area contributed by atoms with Crippen molar-refractivity contribution in [3.8, 4) is 0 Å². The van der Waals surface area contributed by atoms with Gasteiger partial charge < -0.3 is 40.2 Å². The van der Waals surface area contributed by atoms with Gasteiger partial charge in [0.05, 0.1) is 0 Å². The number of hydrogen-bond donors (Lipinski definition) is 6. The standard InChI is InChI=1S/C45H60N8O10/c1-27-24-30(34(54)48-31-19-14-28(15-20-31)25-46-36(50-38(56)60-42(2,3)4)51-39(57)61-43(5,6)7)18-23-33(27)35(55)49-32-21-16-29(17-22-32)26-47-37(52-40(58)62-44(8,9)10)53-41(59)63-45(11,12)13/h14-24H,25-26H2,1-13H3,(H,48,54)(H,49,55)(H2,46,50,51,56,57)(H2,47,52,53,58,59). The van der Waals surface area contributed by atoms with Gasteiger partial charge in [0, 0.05) is 35.6 Å².